The summed E-state index contributed by atoms with van der Waals surface area (Å²) in [5, 5.41) is 11.7. The summed E-state index contributed by atoms with van der Waals surface area (Å²) in [5.74, 6) is 1.27. The van der Waals surface area contributed by atoms with Crippen LogP contribution in [0.15, 0.2) is 16.6 Å². The first kappa shape index (κ1) is 13.5. The number of aliphatic hydroxyl groups is 1. The molecule has 1 aliphatic heterocycles. The maximum absolute atomic E-state index is 12.1. The number of alkyl halides is 2. The van der Waals surface area contributed by atoms with Gasteiger partial charge in [-0.15, -0.1) is 0 Å². The highest BCUT2D eigenvalue weighted by Gasteiger charge is 2.19. The summed E-state index contributed by atoms with van der Waals surface area (Å²) < 4.78 is 35.3. The Bertz CT molecular complexity index is 431. The monoisotopic (exact) mass is 323 g/mol. The van der Waals surface area contributed by atoms with Crippen molar-refractivity contribution in [3.63, 3.8) is 0 Å². The molecule has 18 heavy (non-hydrogen) atoms. The van der Waals surface area contributed by atoms with Gasteiger partial charge in [0.1, 0.15) is 6.10 Å². The van der Waals surface area contributed by atoms with Crippen LogP contribution >= 0.6 is 15.9 Å². The average molecular weight is 324 g/mol. The highest BCUT2D eigenvalue weighted by Crippen LogP contribution is 2.39. The SMILES string of the molecule is OC(CNCc1cc(Br)c2c(c1)OCO2)C(F)F. The van der Waals surface area contributed by atoms with Gasteiger partial charge < -0.3 is 19.9 Å². The van der Waals surface area contributed by atoms with Crippen molar-refractivity contribution in [2.24, 2.45) is 0 Å². The second kappa shape index (κ2) is 5.81. The quantitative estimate of drug-likeness (QED) is 0.869. The molecule has 1 aliphatic rings. The van der Waals surface area contributed by atoms with E-state index < -0.39 is 12.5 Å². The number of halogens is 3. The van der Waals surface area contributed by atoms with Crippen LogP contribution in [0.2, 0.25) is 0 Å². The van der Waals surface area contributed by atoms with Crippen molar-refractivity contribution < 1.29 is 23.4 Å². The minimum absolute atomic E-state index is 0.163. The maximum atomic E-state index is 12.1. The van der Waals surface area contributed by atoms with Gasteiger partial charge in [0, 0.05) is 13.1 Å². The van der Waals surface area contributed by atoms with Crippen LogP contribution in [0, 0.1) is 0 Å². The lowest BCUT2D eigenvalue weighted by molar-refractivity contribution is -0.00340. The van der Waals surface area contributed by atoms with Crippen LogP contribution < -0.4 is 14.8 Å². The smallest absolute Gasteiger partial charge is 0.265 e. The van der Waals surface area contributed by atoms with Gasteiger partial charge in [-0.2, -0.15) is 0 Å². The minimum Gasteiger partial charge on any atom is -0.454 e. The second-order valence-corrected chi connectivity index (χ2v) is 4.70. The molecule has 2 N–H and O–H groups in total. The predicted octanol–water partition coefficient (Wildman–Crippen LogP) is 1.89. The first-order valence-corrected chi connectivity index (χ1v) is 6.12. The number of fused-ring (bicyclic) bond motifs is 1. The van der Waals surface area contributed by atoms with E-state index in [1.807, 2.05) is 6.07 Å². The fraction of sp³-hybridized carbons (Fsp3) is 0.455. The van der Waals surface area contributed by atoms with Gasteiger partial charge in [0.05, 0.1) is 4.47 Å². The van der Waals surface area contributed by atoms with E-state index in [4.69, 9.17) is 14.6 Å². The zero-order chi connectivity index (χ0) is 13.1. The highest BCUT2D eigenvalue weighted by atomic mass is 79.9. The van der Waals surface area contributed by atoms with Gasteiger partial charge in [0.25, 0.3) is 6.43 Å². The van der Waals surface area contributed by atoms with Crippen molar-refractivity contribution in [3.8, 4) is 11.5 Å². The van der Waals surface area contributed by atoms with E-state index in [9.17, 15) is 8.78 Å². The van der Waals surface area contributed by atoms with E-state index >= 15 is 0 Å². The van der Waals surface area contributed by atoms with Crippen molar-refractivity contribution in [1.82, 2.24) is 5.32 Å². The molecule has 100 valence electrons. The van der Waals surface area contributed by atoms with Crippen LogP contribution in [-0.4, -0.2) is 31.0 Å². The summed E-state index contributed by atoms with van der Waals surface area (Å²) in [5.41, 5.74) is 0.854. The van der Waals surface area contributed by atoms with Crippen LogP contribution in [0.25, 0.3) is 0 Å². The molecule has 1 atom stereocenters. The lowest BCUT2D eigenvalue weighted by atomic mass is 10.2. The molecule has 7 heteroatoms. The molecule has 0 bridgehead atoms. The predicted molar refractivity (Wildman–Crippen MR) is 64.0 cm³/mol. The minimum atomic E-state index is -2.74. The van der Waals surface area contributed by atoms with Gasteiger partial charge in [-0.05, 0) is 33.6 Å². The Balaban J connectivity index is 1.92. The van der Waals surface area contributed by atoms with Gasteiger partial charge in [0.2, 0.25) is 6.79 Å². The Hall–Kier alpha value is -0.920. The number of rotatable bonds is 5. The van der Waals surface area contributed by atoms with Crippen LogP contribution in [0.1, 0.15) is 5.56 Å². The summed E-state index contributed by atoms with van der Waals surface area (Å²) in [6, 6.07) is 3.59. The maximum Gasteiger partial charge on any atom is 0.265 e. The van der Waals surface area contributed by atoms with Crippen LogP contribution in [0.4, 0.5) is 8.78 Å². The number of hydrogen-bond acceptors (Lipinski definition) is 4. The molecule has 1 aromatic rings. The zero-order valence-electron chi connectivity index (χ0n) is 9.33. The molecule has 0 saturated heterocycles. The van der Waals surface area contributed by atoms with Crippen molar-refractivity contribution in [1.29, 1.82) is 0 Å². The van der Waals surface area contributed by atoms with E-state index in [2.05, 4.69) is 21.2 Å². The number of hydrogen-bond donors (Lipinski definition) is 2. The summed E-state index contributed by atoms with van der Waals surface area (Å²) in [4.78, 5) is 0. The Morgan fingerprint density at radius 3 is 2.89 bits per heavy atom. The molecule has 2 rings (SSSR count). The van der Waals surface area contributed by atoms with Crippen LogP contribution in [0.5, 0.6) is 11.5 Å². The molecule has 1 aromatic carbocycles. The molecule has 0 fully saturated rings. The Kier molecular flexibility index (Phi) is 4.36. The van der Waals surface area contributed by atoms with Crippen LogP contribution in [0.3, 0.4) is 0 Å². The van der Waals surface area contributed by atoms with Gasteiger partial charge in [-0.3, -0.25) is 0 Å². The largest absolute Gasteiger partial charge is 0.454 e. The second-order valence-electron chi connectivity index (χ2n) is 3.84. The third-order valence-corrected chi connectivity index (χ3v) is 3.05. The molecule has 0 saturated carbocycles. The molecule has 0 aromatic heterocycles. The Labute approximate surface area is 111 Å². The molecule has 1 unspecified atom stereocenters. The number of nitrogens with one attached hydrogen (secondary N) is 1. The molecule has 1 heterocycles. The van der Waals surface area contributed by atoms with Crippen molar-refractivity contribution in [2.75, 3.05) is 13.3 Å². The summed E-state index contributed by atoms with van der Waals surface area (Å²) in [6.45, 7) is 0.373. The number of ether oxygens (including phenoxy) is 2. The first-order chi connectivity index (χ1) is 8.58. The van der Waals surface area contributed by atoms with E-state index in [-0.39, 0.29) is 13.3 Å². The summed E-state index contributed by atoms with van der Waals surface area (Å²) in [6.07, 6.45) is -4.39. The highest BCUT2D eigenvalue weighted by molar-refractivity contribution is 9.10. The third-order valence-electron chi connectivity index (χ3n) is 2.46. The normalized spacial score (nSPS) is 15.2. The van der Waals surface area contributed by atoms with Gasteiger partial charge >= 0.3 is 0 Å². The molecule has 0 amide bonds. The molecular formula is C11H12BrF2NO3. The van der Waals surface area contributed by atoms with E-state index in [0.717, 1.165) is 10.0 Å². The fourth-order valence-electron chi connectivity index (χ4n) is 1.58. The van der Waals surface area contributed by atoms with Crippen molar-refractivity contribution >= 4 is 15.9 Å². The molecule has 0 spiro atoms. The molecular weight excluding hydrogens is 312 g/mol. The van der Waals surface area contributed by atoms with E-state index in [1.54, 1.807) is 6.07 Å². The van der Waals surface area contributed by atoms with Gasteiger partial charge in [-0.25, -0.2) is 8.78 Å². The summed E-state index contributed by atoms with van der Waals surface area (Å²) >= 11 is 3.34. The van der Waals surface area contributed by atoms with Crippen LogP contribution in [-0.2, 0) is 6.54 Å². The molecule has 4 nitrogen and oxygen atoms in total. The van der Waals surface area contributed by atoms with Crippen molar-refractivity contribution in [3.05, 3.63) is 22.2 Å². The third kappa shape index (κ3) is 3.09. The van der Waals surface area contributed by atoms with E-state index in [0.29, 0.717) is 18.0 Å². The van der Waals surface area contributed by atoms with Crippen molar-refractivity contribution in [2.45, 2.75) is 19.1 Å². The number of aliphatic hydroxyl groups excluding tert-OH is 1. The average Bonchev–Trinajstić information content (AvgIpc) is 2.77. The fourth-order valence-corrected chi connectivity index (χ4v) is 2.18. The first-order valence-electron chi connectivity index (χ1n) is 5.33. The lowest BCUT2D eigenvalue weighted by Gasteiger charge is -2.11. The van der Waals surface area contributed by atoms with E-state index in [1.165, 1.54) is 0 Å². The Morgan fingerprint density at radius 2 is 2.17 bits per heavy atom. The molecule has 0 aliphatic carbocycles. The Morgan fingerprint density at radius 1 is 1.39 bits per heavy atom. The summed E-state index contributed by atoms with van der Waals surface area (Å²) in [7, 11) is 0. The molecule has 0 radical (unpaired) electrons. The topological polar surface area (TPSA) is 50.7 Å². The standard InChI is InChI=1S/C11H12BrF2NO3/c12-7-1-6(2-9-10(7)18-5-17-9)3-15-4-8(16)11(13)14/h1-2,8,11,15-16H,3-5H2. The van der Waals surface area contributed by atoms with Gasteiger partial charge in [0.15, 0.2) is 11.5 Å². The number of benzene rings is 1. The zero-order valence-corrected chi connectivity index (χ0v) is 10.9. The van der Waals surface area contributed by atoms with Gasteiger partial charge in [-0.1, -0.05) is 0 Å². The lowest BCUT2D eigenvalue weighted by Crippen LogP contribution is -2.31.